The number of carbonyl (C=O) groups is 1. The Morgan fingerprint density at radius 1 is 1.07 bits per heavy atom. The zero-order valence-electron chi connectivity index (χ0n) is 16.4. The number of carbonyl (C=O) groups excluding carboxylic acids is 1. The molecule has 1 N–H and O–H groups in total. The third-order valence-electron chi connectivity index (χ3n) is 4.18. The lowest BCUT2D eigenvalue weighted by molar-refractivity contribution is -0.204. The van der Waals surface area contributed by atoms with E-state index in [0.29, 0.717) is 0 Å². The van der Waals surface area contributed by atoms with Crippen LogP contribution in [0.2, 0.25) is 0 Å². The molecule has 2 aromatic carbocycles. The van der Waals surface area contributed by atoms with Crippen LogP contribution >= 0.6 is 11.8 Å². The summed E-state index contributed by atoms with van der Waals surface area (Å²) < 4.78 is 74.1. The normalized spacial score (nSPS) is 14.2. The maximum Gasteiger partial charge on any atom is 0.419 e. The first-order valence-electron chi connectivity index (χ1n) is 8.98. The number of hydrogen-bond acceptors (Lipinski definition) is 5. The predicted octanol–water partition coefficient (Wildman–Crippen LogP) is 4.07. The van der Waals surface area contributed by atoms with Gasteiger partial charge in [-0.15, -0.1) is 0 Å². The van der Waals surface area contributed by atoms with Gasteiger partial charge in [0.25, 0.3) is 0 Å². The molecule has 0 aliphatic rings. The lowest BCUT2D eigenvalue weighted by Crippen LogP contribution is -2.66. The average Bonchev–Trinajstić information content (AvgIpc) is 2.67. The van der Waals surface area contributed by atoms with Crippen molar-refractivity contribution in [3.8, 4) is 0 Å². The summed E-state index contributed by atoms with van der Waals surface area (Å²) in [5, 5.41) is 0. The number of sulfonamides is 1. The number of thioether (sulfide) groups is 1. The quantitative estimate of drug-likeness (QED) is 0.570. The summed E-state index contributed by atoms with van der Waals surface area (Å²) in [4.78, 5) is 12.1. The Morgan fingerprint density at radius 3 is 2.20 bits per heavy atom. The number of ether oxygens (including phenoxy) is 1. The van der Waals surface area contributed by atoms with Crippen molar-refractivity contribution in [2.75, 3.05) is 12.4 Å². The zero-order valence-corrected chi connectivity index (χ0v) is 18.0. The molecule has 0 radical (unpaired) electrons. The number of rotatable bonds is 9. The number of halogens is 3. The van der Waals surface area contributed by atoms with Gasteiger partial charge in [-0.2, -0.15) is 29.7 Å². The van der Waals surface area contributed by atoms with E-state index in [1.807, 2.05) is 0 Å². The van der Waals surface area contributed by atoms with Gasteiger partial charge in [0.15, 0.2) is 0 Å². The standard InChI is InChI=1S/C20H22F3NO4S2/c1-3-28-18(25)19(20(21,22)23,14-29-13-16-7-5-4-6-8-16)24-30(26,27)17-11-9-15(2)10-12-17/h4-12,24H,3,13-14H2,1-2H3/t19-/m0/s1. The lowest BCUT2D eigenvalue weighted by atomic mass is 10.0. The van der Waals surface area contributed by atoms with E-state index in [9.17, 15) is 26.4 Å². The van der Waals surface area contributed by atoms with Crippen molar-refractivity contribution < 1.29 is 31.1 Å². The Morgan fingerprint density at radius 2 is 1.67 bits per heavy atom. The van der Waals surface area contributed by atoms with E-state index in [2.05, 4.69) is 4.74 Å². The minimum absolute atomic E-state index is 0.157. The van der Waals surface area contributed by atoms with Gasteiger partial charge in [0.05, 0.1) is 11.5 Å². The van der Waals surface area contributed by atoms with Crippen LogP contribution in [0.15, 0.2) is 59.5 Å². The van der Waals surface area contributed by atoms with Crippen LogP contribution in [-0.2, 0) is 25.3 Å². The van der Waals surface area contributed by atoms with Gasteiger partial charge < -0.3 is 4.74 Å². The van der Waals surface area contributed by atoms with E-state index in [4.69, 9.17) is 0 Å². The summed E-state index contributed by atoms with van der Waals surface area (Å²) in [6, 6.07) is 14.0. The Labute approximate surface area is 178 Å². The highest BCUT2D eigenvalue weighted by molar-refractivity contribution is 7.98. The second-order valence-electron chi connectivity index (χ2n) is 6.52. The van der Waals surface area contributed by atoms with Crippen molar-refractivity contribution in [1.82, 2.24) is 4.72 Å². The van der Waals surface area contributed by atoms with Crippen LogP contribution in [0, 0.1) is 6.92 Å². The molecule has 1 atom stereocenters. The SMILES string of the molecule is CCOC(=O)[C@](CSCc1ccccc1)(NS(=O)(=O)c1ccc(C)cc1)C(F)(F)F. The molecule has 0 unspecified atom stereocenters. The van der Waals surface area contributed by atoms with Crippen molar-refractivity contribution >= 4 is 27.8 Å². The summed E-state index contributed by atoms with van der Waals surface area (Å²) in [5.41, 5.74) is -1.95. The van der Waals surface area contributed by atoms with Crippen LogP contribution in [0.25, 0.3) is 0 Å². The van der Waals surface area contributed by atoms with Crippen LogP contribution < -0.4 is 4.72 Å². The molecule has 0 aliphatic carbocycles. The summed E-state index contributed by atoms with van der Waals surface area (Å²) in [6.07, 6.45) is -5.22. The van der Waals surface area contributed by atoms with E-state index in [0.717, 1.165) is 22.9 Å². The Bertz CT molecular complexity index is 948. The highest BCUT2D eigenvalue weighted by Gasteiger charge is 2.63. The Balaban J connectivity index is 2.39. The minimum atomic E-state index is -5.22. The molecular formula is C20H22F3NO4S2. The molecule has 0 spiro atoms. The number of aryl methyl sites for hydroxylation is 1. The van der Waals surface area contributed by atoms with Crippen LogP contribution in [0.5, 0.6) is 0 Å². The number of nitrogens with one attached hydrogen (secondary N) is 1. The fourth-order valence-electron chi connectivity index (χ4n) is 2.54. The summed E-state index contributed by atoms with van der Waals surface area (Å²) in [6.45, 7) is 2.74. The van der Waals surface area contributed by atoms with Crippen LogP contribution in [0.4, 0.5) is 13.2 Å². The van der Waals surface area contributed by atoms with Crippen molar-refractivity contribution in [3.05, 3.63) is 65.7 Å². The molecule has 0 fully saturated rings. The molecule has 5 nitrogen and oxygen atoms in total. The molecule has 2 rings (SSSR count). The topological polar surface area (TPSA) is 72.5 Å². The molecule has 2 aromatic rings. The maximum atomic E-state index is 14.1. The second-order valence-corrected chi connectivity index (χ2v) is 9.19. The molecule has 10 heteroatoms. The van der Waals surface area contributed by atoms with Gasteiger partial charge in [-0.1, -0.05) is 48.0 Å². The fourth-order valence-corrected chi connectivity index (χ4v) is 5.17. The highest BCUT2D eigenvalue weighted by Crippen LogP contribution is 2.37. The first-order chi connectivity index (χ1) is 14.0. The smallest absolute Gasteiger partial charge is 0.419 e. The van der Waals surface area contributed by atoms with Gasteiger partial charge >= 0.3 is 12.1 Å². The predicted molar refractivity (Wildman–Crippen MR) is 110 cm³/mol. The highest BCUT2D eigenvalue weighted by atomic mass is 32.2. The van der Waals surface area contributed by atoms with E-state index in [-0.39, 0.29) is 17.3 Å². The number of alkyl halides is 3. The molecule has 164 valence electrons. The van der Waals surface area contributed by atoms with Crippen molar-refractivity contribution in [3.63, 3.8) is 0 Å². The Kier molecular flexibility index (Phi) is 7.95. The monoisotopic (exact) mass is 461 g/mol. The molecule has 0 aliphatic heterocycles. The zero-order chi connectivity index (χ0) is 22.4. The molecule has 30 heavy (non-hydrogen) atoms. The Hall–Kier alpha value is -2.04. The van der Waals surface area contributed by atoms with Gasteiger partial charge in [0, 0.05) is 11.5 Å². The van der Waals surface area contributed by atoms with Gasteiger partial charge in [-0.3, -0.25) is 0 Å². The van der Waals surface area contributed by atoms with Gasteiger partial charge in [0.2, 0.25) is 15.6 Å². The molecule has 0 amide bonds. The third kappa shape index (κ3) is 5.77. The lowest BCUT2D eigenvalue weighted by Gasteiger charge is -2.33. The maximum absolute atomic E-state index is 14.1. The number of benzene rings is 2. The number of hydrogen-bond donors (Lipinski definition) is 1. The molecule has 0 aromatic heterocycles. The minimum Gasteiger partial charge on any atom is -0.464 e. The van der Waals surface area contributed by atoms with Gasteiger partial charge in [-0.05, 0) is 31.5 Å². The molecule has 0 bridgehead atoms. The van der Waals surface area contributed by atoms with E-state index >= 15 is 0 Å². The van der Waals surface area contributed by atoms with Crippen LogP contribution in [0.1, 0.15) is 18.1 Å². The summed E-state index contributed by atoms with van der Waals surface area (Å²) in [5.74, 6) is -2.41. The molecular weight excluding hydrogens is 439 g/mol. The average molecular weight is 462 g/mol. The molecule has 0 heterocycles. The van der Waals surface area contributed by atoms with E-state index in [1.165, 1.54) is 31.2 Å². The first-order valence-corrected chi connectivity index (χ1v) is 11.6. The van der Waals surface area contributed by atoms with Crippen molar-refractivity contribution in [1.29, 1.82) is 0 Å². The fraction of sp³-hybridized carbons (Fsp3) is 0.350. The van der Waals surface area contributed by atoms with Crippen molar-refractivity contribution in [2.24, 2.45) is 0 Å². The summed E-state index contributed by atoms with van der Waals surface area (Å²) in [7, 11) is -4.66. The third-order valence-corrected chi connectivity index (χ3v) is 6.86. The van der Waals surface area contributed by atoms with E-state index < -0.39 is 33.5 Å². The van der Waals surface area contributed by atoms with E-state index in [1.54, 1.807) is 42.0 Å². The largest absolute Gasteiger partial charge is 0.464 e. The molecule has 0 saturated heterocycles. The number of esters is 1. The van der Waals surface area contributed by atoms with Crippen LogP contribution in [0.3, 0.4) is 0 Å². The molecule has 0 saturated carbocycles. The second kappa shape index (κ2) is 9.84. The van der Waals surface area contributed by atoms with Gasteiger partial charge in [-0.25, -0.2) is 13.2 Å². The van der Waals surface area contributed by atoms with Crippen molar-refractivity contribution in [2.45, 2.75) is 36.2 Å². The van der Waals surface area contributed by atoms with Crippen LogP contribution in [-0.4, -0.2) is 38.5 Å². The first kappa shape index (κ1) is 24.2. The summed E-state index contributed by atoms with van der Waals surface area (Å²) >= 11 is 0.785. The van der Waals surface area contributed by atoms with Gasteiger partial charge in [0.1, 0.15) is 0 Å².